The van der Waals surface area contributed by atoms with Gasteiger partial charge in [0, 0.05) is 24.3 Å². The Morgan fingerprint density at radius 3 is 2.29 bits per heavy atom. The summed E-state index contributed by atoms with van der Waals surface area (Å²) in [5.41, 5.74) is 3.71. The molecule has 2 aromatic rings. The first-order chi connectivity index (χ1) is 11.4. The molecule has 0 radical (unpaired) electrons. The van der Waals surface area contributed by atoms with Gasteiger partial charge in [-0.1, -0.05) is 43.0 Å². The van der Waals surface area contributed by atoms with Crippen molar-refractivity contribution in [2.24, 2.45) is 0 Å². The Morgan fingerprint density at radius 2 is 1.79 bits per heavy atom. The number of aromatic nitrogens is 1. The highest BCUT2D eigenvalue weighted by Gasteiger charge is 2.14. The van der Waals surface area contributed by atoms with Crippen molar-refractivity contribution in [2.45, 2.75) is 13.1 Å². The zero-order valence-electron chi connectivity index (χ0n) is 13.5. The molecular weight excluding hydrogens is 321 g/mol. The second kappa shape index (κ2) is 8.02. The highest BCUT2D eigenvalue weighted by Crippen LogP contribution is 2.38. The predicted octanol–water partition coefficient (Wildman–Crippen LogP) is 3.79. The van der Waals surface area contributed by atoms with E-state index in [1.165, 1.54) is 0 Å². The molecule has 0 amide bonds. The maximum atomic E-state index is 11.0. The van der Waals surface area contributed by atoms with Crippen molar-refractivity contribution >= 4 is 13.2 Å². The van der Waals surface area contributed by atoms with Gasteiger partial charge < -0.3 is 9.79 Å². The Bertz CT molecular complexity index is 800. The molecule has 2 N–H and O–H groups in total. The molecule has 0 aliphatic heterocycles. The lowest BCUT2D eigenvalue weighted by atomic mass is 10.1. The van der Waals surface area contributed by atoms with Crippen molar-refractivity contribution in [1.29, 1.82) is 0 Å². The molecule has 0 aliphatic rings. The zero-order valence-corrected chi connectivity index (χ0v) is 14.4. The normalized spacial score (nSPS) is 12.5. The van der Waals surface area contributed by atoms with Crippen LogP contribution in [-0.4, -0.2) is 9.79 Å². The topological polar surface area (TPSA) is 61.4 Å². The number of pyridine rings is 1. The number of rotatable bonds is 6. The van der Waals surface area contributed by atoms with Crippen LogP contribution in [0.1, 0.15) is 18.1 Å². The first kappa shape index (κ1) is 18.1. The van der Waals surface area contributed by atoms with Crippen molar-refractivity contribution < 1.29 is 18.9 Å². The molecule has 0 spiro atoms. The molecule has 24 heavy (non-hydrogen) atoms. The van der Waals surface area contributed by atoms with Crippen molar-refractivity contribution in [3.8, 4) is 5.69 Å². The third kappa shape index (κ3) is 5.14. The standard InChI is InChI=1S/C19H20NO3P/c1-3-5-17(6-4-2)18-11-13-20(14-12-18)19-9-7-16(8-10-19)15-24(21,22)23/h3-14H,1,15H2,2H3,(H-,21,22,23)/p+1/b6-4-,17-5+. The van der Waals surface area contributed by atoms with Gasteiger partial charge in [-0.15, -0.1) is 0 Å². The van der Waals surface area contributed by atoms with Crippen molar-refractivity contribution in [1.82, 2.24) is 0 Å². The van der Waals surface area contributed by atoms with Gasteiger partial charge in [-0.05, 0) is 23.6 Å². The van der Waals surface area contributed by atoms with Crippen molar-refractivity contribution in [2.75, 3.05) is 0 Å². The van der Waals surface area contributed by atoms with Gasteiger partial charge >= 0.3 is 7.60 Å². The molecule has 4 nitrogen and oxygen atoms in total. The number of nitrogens with zero attached hydrogens (tertiary/aromatic N) is 1. The van der Waals surface area contributed by atoms with Gasteiger partial charge in [0.2, 0.25) is 5.69 Å². The fourth-order valence-electron chi connectivity index (χ4n) is 2.36. The molecule has 1 heterocycles. The average Bonchev–Trinajstić information content (AvgIpc) is 2.54. The molecule has 1 aromatic carbocycles. The monoisotopic (exact) mass is 342 g/mol. The van der Waals surface area contributed by atoms with Crippen LogP contribution in [0.4, 0.5) is 0 Å². The number of hydrogen-bond acceptors (Lipinski definition) is 1. The third-order valence-corrected chi connectivity index (χ3v) is 4.21. The van der Waals surface area contributed by atoms with Crippen LogP contribution < -0.4 is 4.57 Å². The van der Waals surface area contributed by atoms with Crippen LogP contribution in [0.5, 0.6) is 0 Å². The summed E-state index contributed by atoms with van der Waals surface area (Å²) in [5, 5.41) is 0. The average molecular weight is 342 g/mol. The number of allylic oxidation sites excluding steroid dienone is 5. The second-order valence-electron chi connectivity index (χ2n) is 5.34. The lowest BCUT2D eigenvalue weighted by Gasteiger charge is -2.04. The Hall–Kier alpha value is -2.26. The summed E-state index contributed by atoms with van der Waals surface area (Å²) in [4.78, 5) is 18.0. The van der Waals surface area contributed by atoms with Crippen LogP contribution >= 0.6 is 7.60 Å². The molecule has 2 rings (SSSR count). The Kier molecular flexibility index (Phi) is 6.04. The summed E-state index contributed by atoms with van der Waals surface area (Å²) >= 11 is 0. The zero-order chi connectivity index (χ0) is 17.6. The smallest absolute Gasteiger partial charge is 0.324 e. The molecular formula is C19H21NO3P+. The quantitative estimate of drug-likeness (QED) is 0.477. The van der Waals surface area contributed by atoms with Crippen molar-refractivity contribution in [3.63, 3.8) is 0 Å². The van der Waals surface area contributed by atoms with E-state index in [9.17, 15) is 4.57 Å². The van der Waals surface area contributed by atoms with Gasteiger partial charge in [-0.3, -0.25) is 4.57 Å². The fraction of sp³-hybridized carbons (Fsp3) is 0.105. The van der Waals surface area contributed by atoms with E-state index in [0.29, 0.717) is 5.56 Å². The van der Waals surface area contributed by atoms with E-state index < -0.39 is 7.60 Å². The Labute approximate surface area is 142 Å². The molecule has 0 saturated carbocycles. The maximum Gasteiger partial charge on any atom is 0.329 e. The van der Waals surface area contributed by atoms with Crippen LogP contribution in [0.25, 0.3) is 11.3 Å². The first-order valence-electron chi connectivity index (χ1n) is 7.54. The van der Waals surface area contributed by atoms with Crippen LogP contribution in [0.2, 0.25) is 0 Å². The molecule has 0 saturated heterocycles. The van der Waals surface area contributed by atoms with Gasteiger partial charge in [0.25, 0.3) is 0 Å². The minimum atomic E-state index is -4.03. The van der Waals surface area contributed by atoms with Gasteiger partial charge in [-0.25, -0.2) is 0 Å². The van der Waals surface area contributed by atoms with Crippen LogP contribution in [0, 0.1) is 0 Å². The number of benzene rings is 1. The molecule has 0 bridgehead atoms. The highest BCUT2D eigenvalue weighted by molar-refractivity contribution is 7.50. The third-order valence-electron chi connectivity index (χ3n) is 3.43. The number of hydrogen-bond donors (Lipinski definition) is 2. The van der Waals surface area contributed by atoms with E-state index in [2.05, 4.69) is 6.58 Å². The minimum Gasteiger partial charge on any atom is -0.324 e. The SMILES string of the molecule is C=C/C=C(\C=C/C)c1cc[n+](-c2ccc(CP(=O)(O)O)cc2)cc1. The van der Waals surface area contributed by atoms with E-state index in [-0.39, 0.29) is 6.16 Å². The summed E-state index contributed by atoms with van der Waals surface area (Å²) < 4.78 is 13.0. The van der Waals surface area contributed by atoms with Gasteiger partial charge in [0.05, 0.1) is 6.16 Å². The van der Waals surface area contributed by atoms with E-state index >= 15 is 0 Å². The summed E-state index contributed by atoms with van der Waals surface area (Å²) in [6.07, 6.45) is 11.4. The summed E-state index contributed by atoms with van der Waals surface area (Å²) in [7, 11) is -4.03. The largest absolute Gasteiger partial charge is 0.329 e. The van der Waals surface area contributed by atoms with E-state index in [0.717, 1.165) is 16.8 Å². The van der Waals surface area contributed by atoms with E-state index in [4.69, 9.17) is 9.79 Å². The molecule has 0 fully saturated rings. The molecule has 124 valence electrons. The fourth-order valence-corrected chi connectivity index (χ4v) is 3.04. The van der Waals surface area contributed by atoms with Gasteiger partial charge in [0.1, 0.15) is 0 Å². The maximum absolute atomic E-state index is 11.0. The second-order valence-corrected chi connectivity index (χ2v) is 6.99. The van der Waals surface area contributed by atoms with Gasteiger partial charge in [0.15, 0.2) is 12.4 Å². The molecule has 0 atom stereocenters. The lowest BCUT2D eigenvalue weighted by molar-refractivity contribution is -0.595. The molecule has 0 unspecified atom stereocenters. The lowest BCUT2D eigenvalue weighted by Crippen LogP contribution is -2.29. The first-order valence-corrected chi connectivity index (χ1v) is 9.33. The minimum absolute atomic E-state index is 0.240. The van der Waals surface area contributed by atoms with Crippen molar-refractivity contribution in [3.05, 3.63) is 90.8 Å². The van der Waals surface area contributed by atoms with Crippen LogP contribution in [0.3, 0.4) is 0 Å². The molecule has 1 aromatic heterocycles. The molecule has 0 aliphatic carbocycles. The van der Waals surface area contributed by atoms with Crippen LogP contribution in [0.15, 0.2) is 79.7 Å². The Balaban J connectivity index is 2.23. The summed E-state index contributed by atoms with van der Waals surface area (Å²) in [6.45, 7) is 5.71. The van der Waals surface area contributed by atoms with E-state index in [1.54, 1.807) is 18.2 Å². The predicted molar refractivity (Wildman–Crippen MR) is 96.7 cm³/mol. The summed E-state index contributed by atoms with van der Waals surface area (Å²) in [6, 6.07) is 11.2. The summed E-state index contributed by atoms with van der Waals surface area (Å²) in [5.74, 6) is 0. The van der Waals surface area contributed by atoms with Crippen LogP contribution in [-0.2, 0) is 10.7 Å². The molecule has 5 heteroatoms. The Morgan fingerprint density at radius 1 is 1.17 bits per heavy atom. The van der Waals surface area contributed by atoms with E-state index in [1.807, 2.05) is 66.4 Å². The van der Waals surface area contributed by atoms with Gasteiger partial charge in [-0.2, -0.15) is 4.57 Å². The highest BCUT2D eigenvalue weighted by atomic mass is 31.2.